The van der Waals surface area contributed by atoms with E-state index in [9.17, 15) is 4.39 Å². The Morgan fingerprint density at radius 3 is 2.22 bits per heavy atom. The van der Waals surface area contributed by atoms with Gasteiger partial charge < -0.3 is 4.74 Å². The molecule has 0 atom stereocenters. The number of aromatic nitrogens is 2. The van der Waals surface area contributed by atoms with Gasteiger partial charge in [0.25, 0.3) is 0 Å². The molecule has 1 saturated carbocycles. The molecule has 0 N–H and O–H groups in total. The summed E-state index contributed by atoms with van der Waals surface area (Å²) in [5.41, 5.74) is 2.14. The highest BCUT2D eigenvalue weighted by Crippen LogP contribution is 2.34. The number of ether oxygens (including phenoxy) is 1. The van der Waals surface area contributed by atoms with Gasteiger partial charge in [-0.15, -0.1) is 10.2 Å². The van der Waals surface area contributed by atoms with E-state index in [1.165, 1.54) is 57.8 Å². The minimum Gasteiger partial charge on any atom is -0.477 e. The van der Waals surface area contributed by atoms with E-state index in [2.05, 4.69) is 24.0 Å². The fourth-order valence-electron chi connectivity index (χ4n) is 4.85. The highest BCUT2D eigenvalue weighted by Gasteiger charge is 2.20. The zero-order valence-corrected chi connectivity index (χ0v) is 20.1. The van der Waals surface area contributed by atoms with Gasteiger partial charge in [-0.3, -0.25) is 0 Å². The topological polar surface area (TPSA) is 35.0 Å². The molecule has 0 bridgehead atoms. The van der Waals surface area contributed by atoms with Crippen molar-refractivity contribution in [2.45, 2.75) is 97.3 Å². The maximum atomic E-state index is 14.8. The molecule has 0 radical (unpaired) electrons. The lowest BCUT2D eigenvalue weighted by molar-refractivity contribution is 0.249. The Morgan fingerprint density at radius 1 is 0.844 bits per heavy atom. The lowest BCUT2D eigenvalue weighted by Crippen LogP contribution is -2.15. The second kappa shape index (κ2) is 13.5. The first kappa shape index (κ1) is 24.7. The molecule has 0 spiro atoms. The third-order valence-corrected chi connectivity index (χ3v) is 6.97. The van der Waals surface area contributed by atoms with Crippen LogP contribution in [0.5, 0.6) is 5.88 Å². The zero-order valence-electron chi connectivity index (χ0n) is 20.1. The summed E-state index contributed by atoms with van der Waals surface area (Å²) in [4.78, 5) is 0. The first-order valence-electron chi connectivity index (χ1n) is 12.9. The molecule has 1 aliphatic rings. The van der Waals surface area contributed by atoms with Crippen molar-refractivity contribution in [1.29, 1.82) is 0 Å². The first-order chi connectivity index (χ1) is 15.7. The van der Waals surface area contributed by atoms with Crippen LogP contribution in [0.15, 0.2) is 30.3 Å². The van der Waals surface area contributed by atoms with Gasteiger partial charge in [-0.2, -0.15) is 0 Å². The number of aryl methyl sites for hydroxylation is 1. The molecular formula is C28H41FN2O. The molecular weight excluding hydrogens is 399 g/mol. The van der Waals surface area contributed by atoms with Crippen LogP contribution in [0.1, 0.15) is 96.5 Å². The quantitative estimate of drug-likeness (QED) is 0.295. The summed E-state index contributed by atoms with van der Waals surface area (Å²) in [6.45, 7) is 5.08. The van der Waals surface area contributed by atoms with Crippen molar-refractivity contribution in [2.24, 2.45) is 11.8 Å². The summed E-state index contributed by atoms with van der Waals surface area (Å²) < 4.78 is 20.4. The number of hydrogen-bond donors (Lipinski definition) is 0. The number of halogens is 1. The van der Waals surface area contributed by atoms with Gasteiger partial charge >= 0.3 is 0 Å². The molecule has 2 aromatic rings. The van der Waals surface area contributed by atoms with Gasteiger partial charge in [0.05, 0.1) is 12.3 Å². The van der Waals surface area contributed by atoms with E-state index in [-0.39, 0.29) is 5.82 Å². The number of rotatable bonds is 13. The van der Waals surface area contributed by atoms with Gasteiger partial charge in [0.15, 0.2) is 0 Å². The number of benzene rings is 1. The van der Waals surface area contributed by atoms with Gasteiger partial charge in [-0.1, -0.05) is 84.1 Å². The second-order valence-electron chi connectivity index (χ2n) is 9.55. The zero-order chi connectivity index (χ0) is 22.6. The molecule has 1 heterocycles. The van der Waals surface area contributed by atoms with Crippen LogP contribution in [0.2, 0.25) is 0 Å². The largest absolute Gasteiger partial charge is 0.477 e. The Hall–Kier alpha value is -1.97. The van der Waals surface area contributed by atoms with E-state index >= 15 is 0 Å². The van der Waals surface area contributed by atoms with Crippen molar-refractivity contribution >= 4 is 0 Å². The molecule has 3 nitrogen and oxygen atoms in total. The lowest BCUT2D eigenvalue weighted by atomic mass is 9.78. The van der Waals surface area contributed by atoms with E-state index in [1.807, 2.05) is 12.1 Å². The average Bonchev–Trinajstić information content (AvgIpc) is 2.82. The summed E-state index contributed by atoms with van der Waals surface area (Å²) in [5, 5.41) is 8.28. The van der Waals surface area contributed by atoms with Crippen LogP contribution in [0.25, 0.3) is 11.3 Å². The monoisotopic (exact) mass is 440 g/mol. The van der Waals surface area contributed by atoms with Gasteiger partial charge in [0.2, 0.25) is 5.88 Å². The maximum absolute atomic E-state index is 14.8. The van der Waals surface area contributed by atoms with E-state index in [0.717, 1.165) is 43.1 Å². The highest BCUT2D eigenvalue weighted by atomic mass is 19.1. The third kappa shape index (κ3) is 7.86. The van der Waals surface area contributed by atoms with Crippen LogP contribution in [-0.4, -0.2) is 16.8 Å². The van der Waals surface area contributed by atoms with Crippen molar-refractivity contribution in [2.75, 3.05) is 6.61 Å². The maximum Gasteiger partial charge on any atom is 0.233 e. The van der Waals surface area contributed by atoms with E-state index in [1.54, 1.807) is 18.2 Å². The number of unbranched alkanes of at least 4 members (excludes halogenated alkanes) is 4. The standard InChI is InChI=1S/C28H41FN2O/c1-3-5-7-9-22-10-12-23(13-11-22)14-15-24-16-17-25(26(29)21-24)27-18-19-28(31-30-27)32-20-8-6-4-2/h16-19,21-23H,3-15,20H2,1-2H3/t22-,23-. The van der Waals surface area contributed by atoms with Gasteiger partial charge in [-0.25, -0.2) is 4.39 Å². The summed E-state index contributed by atoms with van der Waals surface area (Å²) in [6, 6.07) is 9.15. The Balaban J connectivity index is 1.45. The summed E-state index contributed by atoms with van der Waals surface area (Å²) >= 11 is 0. The molecule has 0 unspecified atom stereocenters. The first-order valence-corrected chi connectivity index (χ1v) is 12.9. The van der Waals surface area contributed by atoms with Crippen LogP contribution < -0.4 is 4.74 Å². The minimum atomic E-state index is -0.215. The Morgan fingerprint density at radius 2 is 1.56 bits per heavy atom. The molecule has 1 fully saturated rings. The second-order valence-corrected chi connectivity index (χ2v) is 9.55. The minimum absolute atomic E-state index is 0.215. The summed E-state index contributed by atoms with van der Waals surface area (Å²) in [6.07, 6.45) is 16.4. The molecule has 1 aromatic carbocycles. The van der Waals surface area contributed by atoms with Gasteiger partial charge in [-0.05, 0) is 54.9 Å². The molecule has 1 aromatic heterocycles. The number of hydrogen-bond acceptors (Lipinski definition) is 3. The van der Waals surface area contributed by atoms with Gasteiger partial charge in [0.1, 0.15) is 5.82 Å². The van der Waals surface area contributed by atoms with Crippen LogP contribution in [0.3, 0.4) is 0 Å². The Labute approximate surface area is 194 Å². The van der Waals surface area contributed by atoms with Gasteiger partial charge in [0, 0.05) is 11.6 Å². The van der Waals surface area contributed by atoms with Crippen LogP contribution in [0.4, 0.5) is 4.39 Å². The van der Waals surface area contributed by atoms with Crippen LogP contribution >= 0.6 is 0 Å². The molecule has 4 heteroatoms. The van der Waals surface area contributed by atoms with Crippen molar-refractivity contribution in [3.63, 3.8) is 0 Å². The predicted molar refractivity (Wildman–Crippen MR) is 130 cm³/mol. The van der Waals surface area contributed by atoms with E-state index < -0.39 is 0 Å². The molecule has 3 rings (SSSR count). The van der Waals surface area contributed by atoms with Crippen LogP contribution in [-0.2, 0) is 6.42 Å². The third-order valence-electron chi connectivity index (χ3n) is 6.97. The lowest BCUT2D eigenvalue weighted by Gasteiger charge is -2.28. The molecule has 0 saturated heterocycles. The molecule has 176 valence electrons. The molecule has 1 aliphatic carbocycles. The summed E-state index contributed by atoms with van der Waals surface area (Å²) in [5.74, 6) is 2.04. The smallest absolute Gasteiger partial charge is 0.233 e. The van der Waals surface area contributed by atoms with Crippen LogP contribution in [0, 0.1) is 17.7 Å². The van der Waals surface area contributed by atoms with Crippen molar-refractivity contribution in [1.82, 2.24) is 10.2 Å². The predicted octanol–water partition coefficient (Wildman–Crippen LogP) is 8.17. The fourth-order valence-corrected chi connectivity index (χ4v) is 4.85. The molecule has 0 amide bonds. The van der Waals surface area contributed by atoms with Crippen molar-refractivity contribution in [3.05, 3.63) is 41.7 Å². The number of nitrogens with zero attached hydrogens (tertiary/aromatic N) is 2. The van der Waals surface area contributed by atoms with Crippen molar-refractivity contribution in [3.8, 4) is 17.1 Å². The Bertz CT molecular complexity index is 785. The highest BCUT2D eigenvalue weighted by molar-refractivity contribution is 5.60. The SMILES string of the molecule is CCCCCOc1ccc(-c2ccc(CC[C@H]3CC[C@H](CCCCC)CC3)cc2F)nn1. The normalized spacial score (nSPS) is 18.6. The average molecular weight is 441 g/mol. The summed E-state index contributed by atoms with van der Waals surface area (Å²) in [7, 11) is 0. The van der Waals surface area contributed by atoms with E-state index in [0.29, 0.717) is 23.7 Å². The molecule has 32 heavy (non-hydrogen) atoms. The Kier molecular flexibility index (Phi) is 10.4. The molecule has 0 aliphatic heterocycles. The van der Waals surface area contributed by atoms with E-state index in [4.69, 9.17) is 4.74 Å². The van der Waals surface area contributed by atoms with Crippen molar-refractivity contribution < 1.29 is 9.13 Å². The fraction of sp³-hybridized carbons (Fsp3) is 0.643.